The largest absolute Gasteiger partial charge is 0.497 e. The summed E-state index contributed by atoms with van der Waals surface area (Å²) in [6, 6.07) is 14.0. The highest BCUT2D eigenvalue weighted by atomic mass is 35.5. The van der Waals surface area contributed by atoms with Gasteiger partial charge in [-0.05, 0) is 102 Å². The third kappa shape index (κ3) is 7.02. The molecular formula is C37H48ClN5O7S. The van der Waals surface area contributed by atoms with E-state index in [0.29, 0.717) is 53.6 Å². The Morgan fingerprint density at radius 1 is 0.902 bits per heavy atom. The molecule has 14 heteroatoms. The van der Waals surface area contributed by atoms with Crippen molar-refractivity contribution in [2.24, 2.45) is 0 Å². The van der Waals surface area contributed by atoms with Gasteiger partial charge in [0.25, 0.3) is 15.9 Å². The van der Waals surface area contributed by atoms with Crippen LogP contribution in [0.25, 0.3) is 0 Å². The molecule has 0 aromatic heterocycles. The van der Waals surface area contributed by atoms with Crippen LogP contribution >= 0.6 is 11.6 Å². The van der Waals surface area contributed by atoms with Crippen molar-refractivity contribution in [3.63, 3.8) is 0 Å². The van der Waals surface area contributed by atoms with E-state index in [4.69, 9.17) is 25.8 Å². The number of ether oxygens (including phenoxy) is 3. The molecule has 1 unspecified atom stereocenters. The predicted molar refractivity (Wildman–Crippen MR) is 197 cm³/mol. The maximum Gasteiger partial charge on any atom is 0.274 e. The van der Waals surface area contributed by atoms with Gasteiger partial charge in [-0.3, -0.25) is 14.5 Å². The lowest BCUT2D eigenvalue weighted by Crippen LogP contribution is -2.59. The summed E-state index contributed by atoms with van der Waals surface area (Å²) in [5.41, 5.74) is -0.0370. The molecule has 2 amide bonds. The molecule has 1 saturated heterocycles. The number of rotatable bonds is 14. The van der Waals surface area contributed by atoms with Crippen LogP contribution < -0.4 is 18.5 Å². The van der Waals surface area contributed by atoms with Crippen molar-refractivity contribution in [1.82, 2.24) is 19.6 Å². The maximum atomic E-state index is 15.7. The summed E-state index contributed by atoms with van der Waals surface area (Å²) in [5.74, 6) is -0.204. The van der Waals surface area contributed by atoms with Gasteiger partial charge in [-0.2, -0.15) is 0 Å². The number of fused-ring (bicyclic) bond motifs is 1. The summed E-state index contributed by atoms with van der Waals surface area (Å²) in [4.78, 5) is 37.0. The average Bonchev–Trinajstić information content (AvgIpc) is 3.68. The molecule has 51 heavy (non-hydrogen) atoms. The number of methoxy groups -OCH3 is 3. The molecule has 2 atom stereocenters. The van der Waals surface area contributed by atoms with Crippen LogP contribution in [0.4, 0.5) is 5.69 Å². The van der Waals surface area contributed by atoms with Crippen molar-refractivity contribution in [3.05, 3.63) is 76.3 Å². The van der Waals surface area contributed by atoms with Crippen molar-refractivity contribution in [1.29, 1.82) is 0 Å². The van der Waals surface area contributed by atoms with Crippen LogP contribution in [0.15, 0.2) is 59.5 Å². The van der Waals surface area contributed by atoms with E-state index in [1.54, 1.807) is 38.4 Å². The molecule has 0 spiro atoms. The normalized spacial score (nSPS) is 19.2. The lowest BCUT2D eigenvalue weighted by atomic mass is 9.80. The summed E-state index contributed by atoms with van der Waals surface area (Å²) in [7, 11) is 9.17. The van der Waals surface area contributed by atoms with Crippen LogP contribution in [0.2, 0.25) is 5.02 Å². The van der Waals surface area contributed by atoms with E-state index in [1.807, 2.05) is 38.2 Å². The van der Waals surface area contributed by atoms with E-state index in [-0.39, 0.29) is 22.2 Å². The van der Waals surface area contributed by atoms with Gasteiger partial charge in [-0.15, -0.1) is 0 Å². The first-order valence-electron chi connectivity index (χ1n) is 16.8. The molecule has 2 heterocycles. The number of benzene rings is 3. The van der Waals surface area contributed by atoms with Crippen LogP contribution in [0.1, 0.15) is 36.0 Å². The Morgan fingerprint density at radius 3 is 2.27 bits per heavy atom. The molecule has 0 radical (unpaired) electrons. The number of carbonyl (C=O) groups excluding carboxylic acids is 2. The summed E-state index contributed by atoms with van der Waals surface area (Å²) in [6.45, 7) is 2.66. The number of sulfonamides is 1. The molecule has 2 aliphatic heterocycles. The molecule has 0 aliphatic carbocycles. The monoisotopic (exact) mass is 741 g/mol. The van der Waals surface area contributed by atoms with Crippen molar-refractivity contribution < 1.29 is 32.2 Å². The second-order valence-electron chi connectivity index (χ2n) is 13.5. The minimum Gasteiger partial charge on any atom is -0.497 e. The Labute approximate surface area is 306 Å². The van der Waals surface area contributed by atoms with Gasteiger partial charge in [0.15, 0.2) is 5.54 Å². The Kier molecular flexibility index (Phi) is 11.6. The van der Waals surface area contributed by atoms with E-state index >= 15 is 4.79 Å². The third-order valence-electron chi connectivity index (χ3n) is 9.61. The summed E-state index contributed by atoms with van der Waals surface area (Å²) in [6.07, 6.45) is 2.03. The van der Waals surface area contributed by atoms with E-state index in [2.05, 4.69) is 9.80 Å². The van der Waals surface area contributed by atoms with Gasteiger partial charge >= 0.3 is 0 Å². The van der Waals surface area contributed by atoms with Gasteiger partial charge in [0.2, 0.25) is 5.91 Å². The van der Waals surface area contributed by atoms with Crippen LogP contribution in [-0.4, -0.2) is 122 Å². The first-order chi connectivity index (χ1) is 24.2. The fraction of sp³-hybridized carbons (Fsp3) is 0.459. The lowest BCUT2D eigenvalue weighted by molar-refractivity contribution is -0.138. The molecule has 0 N–H and O–H groups in total. The quantitative estimate of drug-likeness (QED) is 0.238. The topological polar surface area (TPSA) is 112 Å². The van der Waals surface area contributed by atoms with Crippen molar-refractivity contribution >= 4 is 39.1 Å². The molecule has 12 nitrogen and oxygen atoms in total. The van der Waals surface area contributed by atoms with Crippen LogP contribution in [0.5, 0.6) is 17.2 Å². The lowest BCUT2D eigenvalue weighted by Gasteiger charge is -2.42. The molecular weight excluding hydrogens is 694 g/mol. The number of carbonyl (C=O) groups is 2. The highest BCUT2D eigenvalue weighted by Gasteiger charge is 2.63. The van der Waals surface area contributed by atoms with Crippen molar-refractivity contribution in [2.45, 2.75) is 42.3 Å². The molecule has 2 aliphatic rings. The molecule has 1 fully saturated rings. The number of amides is 2. The van der Waals surface area contributed by atoms with Gasteiger partial charge in [0, 0.05) is 49.4 Å². The highest BCUT2D eigenvalue weighted by Crippen LogP contribution is 2.55. The highest BCUT2D eigenvalue weighted by molar-refractivity contribution is 7.93. The average molecular weight is 742 g/mol. The van der Waals surface area contributed by atoms with Crippen LogP contribution in [0.3, 0.4) is 0 Å². The number of likely N-dealkylation sites (tertiary alicyclic amines) is 1. The molecule has 3 aromatic carbocycles. The van der Waals surface area contributed by atoms with Crippen LogP contribution in [0, 0.1) is 0 Å². The summed E-state index contributed by atoms with van der Waals surface area (Å²) in [5, 5.41) is 0.303. The summed E-state index contributed by atoms with van der Waals surface area (Å²) < 4.78 is 47.4. The van der Waals surface area contributed by atoms with E-state index < -0.39 is 27.5 Å². The fourth-order valence-corrected chi connectivity index (χ4v) is 9.04. The number of hydrogen-bond acceptors (Lipinski definition) is 10. The van der Waals surface area contributed by atoms with Crippen LogP contribution in [-0.2, 0) is 31.7 Å². The smallest absolute Gasteiger partial charge is 0.274 e. The Balaban J connectivity index is 1.79. The summed E-state index contributed by atoms with van der Waals surface area (Å²) >= 11 is 6.70. The van der Waals surface area contributed by atoms with Crippen molar-refractivity contribution in [2.75, 3.05) is 80.5 Å². The number of nitrogens with zero attached hydrogens (tertiary/aromatic N) is 5. The Bertz CT molecular complexity index is 1890. The fourth-order valence-electron chi connectivity index (χ4n) is 7.27. The van der Waals surface area contributed by atoms with E-state index in [9.17, 15) is 13.2 Å². The standard InChI is InChI=1S/C37H48ClN5O7S/c1-39(2)18-10-19-41(5)24-25-12-16-32(49-7)29(21-25)37(42-20-9-11-31(42)35(44)40(3)4)28-22-26(38)13-15-30(28)43(36(37)45)51(46,47)34-17-14-27(48-6)23-33(34)50-8/h12-17,21-23,31H,9-11,18-20,24H2,1-8H3/t31?,37-/m0/s1. The minimum atomic E-state index is -4.63. The first-order valence-corrected chi connectivity index (χ1v) is 18.6. The molecule has 0 bridgehead atoms. The Morgan fingerprint density at radius 2 is 1.63 bits per heavy atom. The zero-order valence-electron chi connectivity index (χ0n) is 30.6. The second kappa shape index (κ2) is 15.4. The molecule has 276 valence electrons. The number of hydrogen-bond donors (Lipinski definition) is 0. The van der Waals surface area contributed by atoms with Gasteiger partial charge in [0.05, 0.1) is 33.1 Å². The number of anilines is 1. The van der Waals surface area contributed by atoms with Gasteiger partial charge in [-0.25, -0.2) is 12.7 Å². The molecule has 5 rings (SSSR count). The Hall–Kier alpha value is -3.88. The second-order valence-corrected chi connectivity index (χ2v) is 15.7. The SMILES string of the molecule is COc1ccc(S(=O)(=O)N2C(=O)[C@](c3cc(CN(C)CCCN(C)C)ccc3OC)(N3CCCC3C(=O)N(C)C)c3cc(Cl)ccc32)c(OC)c1. The molecule has 3 aromatic rings. The van der Waals surface area contributed by atoms with E-state index in [1.165, 1.54) is 44.4 Å². The number of likely N-dealkylation sites (N-methyl/N-ethyl adjacent to an activating group) is 1. The third-order valence-corrected chi connectivity index (χ3v) is 11.6. The predicted octanol–water partition coefficient (Wildman–Crippen LogP) is 4.28. The van der Waals surface area contributed by atoms with Crippen molar-refractivity contribution in [3.8, 4) is 17.2 Å². The van der Waals surface area contributed by atoms with Gasteiger partial charge in [0.1, 0.15) is 22.1 Å². The van der Waals surface area contributed by atoms with E-state index in [0.717, 1.165) is 29.4 Å². The first kappa shape index (κ1) is 38.4. The zero-order chi connectivity index (χ0) is 37.2. The number of halogens is 1. The van der Waals surface area contributed by atoms with Gasteiger partial charge < -0.3 is 28.9 Å². The minimum absolute atomic E-state index is 0.00822. The maximum absolute atomic E-state index is 15.7. The molecule has 0 saturated carbocycles. The van der Waals surface area contributed by atoms with Gasteiger partial charge in [-0.1, -0.05) is 17.7 Å². The zero-order valence-corrected chi connectivity index (χ0v) is 32.2.